The van der Waals surface area contributed by atoms with Crippen LogP contribution in [0.5, 0.6) is 0 Å². The standard InChI is InChI=1S/C41H81O9P/c1-3-5-7-9-11-13-15-17-19-20-21-23-25-27-29-31-33-41(44)50-40(38-49-51(45,46)48-36-39(43)35-42)37-47-34-32-30-28-26-24-22-18-16-14-12-10-8-6-4-2/h19-20,39-40,42-43H,3-18,21-38H2,1-2H3,(H,45,46)/b20-19-/t39-,40+/m0/s1. The maximum atomic E-state index is 12.6. The summed E-state index contributed by atoms with van der Waals surface area (Å²) < 4.78 is 33.3. The van der Waals surface area contributed by atoms with Gasteiger partial charge in [0.25, 0.3) is 0 Å². The number of unbranched alkanes of at least 4 members (excludes halogenated alkanes) is 25. The van der Waals surface area contributed by atoms with Crippen molar-refractivity contribution in [3.05, 3.63) is 12.2 Å². The molecule has 0 bridgehead atoms. The van der Waals surface area contributed by atoms with Crippen LogP contribution in [0.25, 0.3) is 0 Å². The molecular weight excluding hydrogens is 667 g/mol. The summed E-state index contributed by atoms with van der Waals surface area (Å²) in [6.07, 6.45) is 37.3. The maximum Gasteiger partial charge on any atom is 0.472 e. The smallest absolute Gasteiger partial charge is 0.457 e. The van der Waals surface area contributed by atoms with Crippen molar-refractivity contribution in [3.63, 3.8) is 0 Å². The normalized spacial score (nSPS) is 14.2. The second-order valence-corrected chi connectivity index (χ2v) is 15.8. The zero-order valence-electron chi connectivity index (χ0n) is 33.1. The number of carbonyl (C=O) groups excluding carboxylic acids is 1. The molecule has 0 aromatic rings. The van der Waals surface area contributed by atoms with E-state index in [-0.39, 0.29) is 25.6 Å². The van der Waals surface area contributed by atoms with Gasteiger partial charge in [0.1, 0.15) is 12.2 Å². The molecule has 0 fully saturated rings. The Morgan fingerprint density at radius 2 is 1.00 bits per heavy atom. The minimum atomic E-state index is -4.51. The van der Waals surface area contributed by atoms with Gasteiger partial charge in [-0.15, -0.1) is 0 Å². The zero-order valence-corrected chi connectivity index (χ0v) is 34.0. The van der Waals surface area contributed by atoms with E-state index in [4.69, 9.17) is 23.6 Å². The van der Waals surface area contributed by atoms with Crippen LogP contribution in [0.15, 0.2) is 12.2 Å². The van der Waals surface area contributed by atoms with Crippen LogP contribution in [0.2, 0.25) is 0 Å². The number of allylic oxidation sites excluding steroid dienone is 2. The SMILES string of the molecule is CCCCCCCCC/C=C\CCCCCCCC(=O)O[C@H](COCCCCCCCCCCCCCCCC)COP(=O)(O)OC[C@@H](O)CO. The average molecular weight is 749 g/mol. The highest BCUT2D eigenvalue weighted by Gasteiger charge is 2.26. The molecule has 0 amide bonds. The number of aliphatic hydroxyl groups is 2. The van der Waals surface area contributed by atoms with Crippen LogP contribution in [0.3, 0.4) is 0 Å². The highest BCUT2D eigenvalue weighted by molar-refractivity contribution is 7.47. The number of rotatable bonds is 41. The summed E-state index contributed by atoms with van der Waals surface area (Å²) in [4.78, 5) is 22.5. The third-order valence-electron chi connectivity index (χ3n) is 9.20. The highest BCUT2D eigenvalue weighted by Crippen LogP contribution is 2.43. The zero-order chi connectivity index (χ0) is 37.5. The first kappa shape index (κ1) is 50.2. The lowest BCUT2D eigenvalue weighted by atomic mass is 10.0. The number of carbonyl (C=O) groups is 1. The molecule has 304 valence electrons. The molecule has 0 saturated carbocycles. The Kier molecular flexibility index (Phi) is 38.3. The van der Waals surface area contributed by atoms with Crippen LogP contribution in [0, 0.1) is 0 Å². The van der Waals surface area contributed by atoms with Gasteiger partial charge < -0.3 is 24.6 Å². The monoisotopic (exact) mass is 749 g/mol. The van der Waals surface area contributed by atoms with E-state index in [0.29, 0.717) is 6.61 Å². The Hall–Kier alpha value is -0.800. The molecule has 0 aliphatic rings. The van der Waals surface area contributed by atoms with Crippen LogP contribution in [0.4, 0.5) is 0 Å². The summed E-state index contributed by atoms with van der Waals surface area (Å²) in [5.41, 5.74) is 0. The summed E-state index contributed by atoms with van der Waals surface area (Å²) in [5, 5.41) is 18.3. The fraction of sp³-hybridized carbons (Fsp3) is 0.927. The van der Waals surface area contributed by atoms with Gasteiger partial charge >= 0.3 is 13.8 Å². The number of phosphoric acid groups is 1. The molecule has 0 aromatic heterocycles. The van der Waals surface area contributed by atoms with E-state index in [2.05, 4.69) is 26.0 Å². The number of esters is 1. The van der Waals surface area contributed by atoms with Gasteiger partial charge in [-0.1, -0.05) is 167 Å². The summed E-state index contributed by atoms with van der Waals surface area (Å²) in [5.74, 6) is -0.388. The van der Waals surface area contributed by atoms with Crippen molar-refractivity contribution in [2.75, 3.05) is 33.0 Å². The van der Waals surface area contributed by atoms with Gasteiger partial charge in [0.2, 0.25) is 0 Å². The molecule has 51 heavy (non-hydrogen) atoms. The van der Waals surface area contributed by atoms with Crippen LogP contribution in [-0.2, 0) is 27.9 Å². The molecule has 0 rings (SSSR count). The molecule has 0 saturated heterocycles. The lowest BCUT2D eigenvalue weighted by Crippen LogP contribution is -2.29. The van der Waals surface area contributed by atoms with Gasteiger partial charge in [-0.2, -0.15) is 0 Å². The first-order chi connectivity index (χ1) is 24.8. The lowest BCUT2D eigenvalue weighted by molar-refractivity contribution is -0.154. The van der Waals surface area contributed by atoms with Crippen molar-refractivity contribution in [2.24, 2.45) is 0 Å². The van der Waals surface area contributed by atoms with Gasteiger partial charge in [-0.3, -0.25) is 13.8 Å². The van der Waals surface area contributed by atoms with Gasteiger partial charge in [-0.25, -0.2) is 4.57 Å². The fourth-order valence-electron chi connectivity index (χ4n) is 5.94. The van der Waals surface area contributed by atoms with Crippen molar-refractivity contribution in [3.8, 4) is 0 Å². The van der Waals surface area contributed by atoms with Crippen LogP contribution in [0.1, 0.15) is 200 Å². The summed E-state index contributed by atoms with van der Waals surface area (Å²) in [6, 6.07) is 0. The Balaban J connectivity index is 4.17. The summed E-state index contributed by atoms with van der Waals surface area (Å²) in [6.45, 7) is 3.54. The molecule has 3 atom stereocenters. The number of phosphoric ester groups is 1. The molecule has 0 aliphatic heterocycles. The predicted octanol–water partition coefficient (Wildman–Crippen LogP) is 11.3. The quantitative estimate of drug-likeness (QED) is 0.0242. The van der Waals surface area contributed by atoms with E-state index in [0.717, 1.165) is 51.4 Å². The summed E-state index contributed by atoms with van der Waals surface area (Å²) in [7, 11) is -4.51. The van der Waals surface area contributed by atoms with Gasteiger partial charge in [-0.05, 0) is 38.5 Å². The lowest BCUT2D eigenvalue weighted by Gasteiger charge is -2.20. The van der Waals surface area contributed by atoms with Crippen molar-refractivity contribution < 1.29 is 43.0 Å². The molecule has 0 aliphatic carbocycles. The molecule has 0 radical (unpaired) electrons. The molecular formula is C41H81O9P. The van der Waals surface area contributed by atoms with E-state index >= 15 is 0 Å². The summed E-state index contributed by atoms with van der Waals surface area (Å²) >= 11 is 0. The van der Waals surface area contributed by atoms with Crippen molar-refractivity contribution in [1.82, 2.24) is 0 Å². The largest absolute Gasteiger partial charge is 0.472 e. The number of aliphatic hydroxyl groups excluding tert-OH is 2. The third kappa shape index (κ3) is 38.7. The van der Waals surface area contributed by atoms with Gasteiger partial charge in [0.05, 0.1) is 26.4 Å². The Morgan fingerprint density at radius 1 is 0.588 bits per heavy atom. The second-order valence-electron chi connectivity index (χ2n) is 14.4. The third-order valence-corrected chi connectivity index (χ3v) is 10.2. The van der Waals surface area contributed by atoms with E-state index in [1.54, 1.807) is 0 Å². The van der Waals surface area contributed by atoms with Crippen molar-refractivity contribution >= 4 is 13.8 Å². The van der Waals surface area contributed by atoms with Gasteiger partial charge in [0, 0.05) is 13.0 Å². The van der Waals surface area contributed by atoms with E-state index in [1.807, 2.05) is 0 Å². The molecule has 0 spiro atoms. The van der Waals surface area contributed by atoms with Crippen molar-refractivity contribution in [2.45, 2.75) is 212 Å². The van der Waals surface area contributed by atoms with Crippen molar-refractivity contribution in [1.29, 1.82) is 0 Å². The topological polar surface area (TPSA) is 132 Å². The van der Waals surface area contributed by atoms with E-state index in [9.17, 15) is 19.4 Å². The maximum absolute atomic E-state index is 12.6. The predicted molar refractivity (Wildman–Crippen MR) is 210 cm³/mol. The van der Waals surface area contributed by atoms with Gasteiger partial charge in [0.15, 0.2) is 0 Å². The number of hydrogen-bond donors (Lipinski definition) is 3. The molecule has 1 unspecified atom stereocenters. The second kappa shape index (κ2) is 38.9. The highest BCUT2D eigenvalue weighted by atomic mass is 31.2. The Bertz CT molecular complexity index is 810. The van der Waals surface area contributed by atoms with E-state index < -0.39 is 33.2 Å². The fourth-order valence-corrected chi connectivity index (χ4v) is 6.73. The van der Waals surface area contributed by atoms with Crippen LogP contribution in [-0.4, -0.2) is 66.3 Å². The molecule has 0 aromatic carbocycles. The Labute approximate surface area is 313 Å². The van der Waals surface area contributed by atoms with Crippen LogP contribution >= 0.6 is 7.82 Å². The Morgan fingerprint density at radius 3 is 1.47 bits per heavy atom. The average Bonchev–Trinajstić information content (AvgIpc) is 3.12. The minimum absolute atomic E-state index is 0.0515. The number of hydrogen-bond acceptors (Lipinski definition) is 8. The molecule has 9 nitrogen and oxygen atoms in total. The minimum Gasteiger partial charge on any atom is -0.457 e. The molecule has 3 N–H and O–H groups in total. The molecule has 0 heterocycles. The first-order valence-corrected chi connectivity index (χ1v) is 22.7. The molecule has 10 heteroatoms. The number of ether oxygens (including phenoxy) is 2. The van der Waals surface area contributed by atoms with E-state index in [1.165, 1.54) is 128 Å². The first-order valence-electron chi connectivity index (χ1n) is 21.2. The van der Waals surface area contributed by atoms with Crippen LogP contribution < -0.4 is 0 Å².